The van der Waals surface area contributed by atoms with Gasteiger partial charge in [0, 0.05) is 26.2 Å². The lowest BCUT2D eigenvalue weighted by molar-refractivity contribution is 0.0452. The lowest BCUT2D eigenvalue weighted by Gasteiger charge is -2.32. The Bertz CT molecular complexity index is 660. The van der Waals surface area contributed by atoms with E-state index in [0.717, 1.165) is 0 Å². The van der Waals surface area contributed by atoms with Crippen LogP contribution in [-0.4, -0.2) is 74.4 Å². The van der Waals surface area contributed by atoms with Crippen molar-refractivity contribution in [3.05, 3.63) is 0 Å². The molecule has 0 aromatic carbocycles. The van der Waals surface area contributed by atoms with Crippen LogP contribution in [0.15, 0.2) is 4.99 Å². The summed E-state index contributed by atoms with van der Waals surface area (Å²) in [4.78, 5) is 16.9. The third-order valence-electron chi connectivity index (χ3n) is 4.86. The molecule has 0 radical (unpaired) electrons. The van der Waals surface area contributed by atoms with Crippen molar-refractivity contribution in [2.75, 3.05) is 38.5 Å². The molecule has 1 heterocycles. The fourth-order valence-corrected chi connectivity index (χ4v) is 4.55. The average molecular weight is 562 g/mol. The minimum absolute atomic E-state index is 0. The topological polar surface area (TPSA) is 112 Å². The Morgan fingerprint density at radius 3 is 2.23 bits per heavy atom. The summed E-state index contributed by atoms with van der Waals surface area (Å²) in [5.41, 5.74) is -1.07. The van der Waals surface area contributed by atoms with Crippen LogP contribution in [0.4, 0.5) is 4.79 Å². The average Bonchev–Trinajstić information content (AvgIpc) is 2.95. The van der Waals surface area contributed by atoms with Gasteiger partial charge >= 0.3 is 6.09 Å². The number of amides is 1. The van der Waals surface area contributed by atoms with Gasteiger partial charge in [0.25, 0.3) is 0 Å². The van der Waals surface area contributed by atoms with E-state index in [-0.39, 0.29) is 29.7 Å². The number of sulfonamides is 1. The molecule has 9 nitrogen and oxygen atoms in total. The van der Waals surface area contributed by atoms with Gasteiger partial charge in [-0.05, 0) is 47.0 Å². The Morgan fingerprint density at radius 1 is 1.13 bits per heavy atom. The van der Waals surface area contributed by atoms with Gasteiger partial charge in [0.05, 0.1) is 17.8 Å². The summed E-state index contributed by atoms with van der Waals surface area (Å²) in [6.07, 6.45) is 1.64. The van der Waals surface area contributed by atoms with Crippen LogP contribution in [0.3, 0.4) is 0 Å². The Hall–Kier alpha value is -0.820. The van der Waals surface area contributed by atoms with Crippen molar-refractivity contribution >= 4 is 46.1 Å². The molecule has 1 fully saturated rings. The Kier molecular flexibility index (Phi) is 12.5. The van der Waals surface area contributed by atoms with Crippen molar-refractivity contribution in [3.63, 3.8) is 0 Å². The van der Waals surface area contributed by atoms with Crippen molar-refractivity contribution in [1.82, 2.24) is 20.3 Å². The predicted octanol–water partition coefficient (Wildman–Crippen LogP) is 2.28. The van der Waals surface area contributed by atoms with Gasteiger partial charge < -0.3 is 20.7 Å². The molecule has 0 aromatic rings. The molecule has 30 heavy (non-hydrogen) atoms. The fraction of sp³-hybridized carbons (Fsp3) is 0.895. The molecular formula is C19H40IN5O4S. The highest BCUT2D eigenvalue weighted by Crippen LogP contribution is 2.17. The first-order valence-corrected chi connectivity index (χ1v) is 12.1. The number of hydrogen-bond acceptors (Lipinski definition) is 5. The van der Waals surface area contributed by atoms with E-state index in [0.29, 0.717) is 57.9 Å². The van der Waals surface area contributed by atoms with Crippen LogP contribution in [0.5, 0.6) is 0 Å². The van der Waals surface area contributed by atoms with Crippen LogP contribution >= 0.6 is 24.0 Å². The number of guanidine groups is 1. The molecule has 1 aliphatic rings. The third kappa shape index (κ3) is 9.99. The second-order valence-electron chi connectivity index (χ2n) is 8.30. The number of carbonyl (C=O) groups excluding carboxylic acids is 1. The van der Waals surface area contributed by atoms with Gasteiger partial charge in [0.1, 0.15) is 5.60 Å². The molecule has 1 aliphatic heterocycles. The normalized spacial score (nSPS) is 17.2. The van der Waals surface area contributed by atoms with Gasteiger partial charge in [-0.3, -0.25) is 4.99 Å². The molecule has 0 aromatic heterocycles. The lowest BCUT2D eigenvalue weighted by Crippen LogP contribution is -2.52. The number of ether oxygens (including phenoxy) is 1. The minimum Gasteiger partial charge on any atom is -0.444 e. The van der Waals surface area contributed by atoms with Crippen LogP contribution in [0, 0.1) is 0 Å². The van der Waals surface area contributed by atoms with Gasteiger partial charge in [-0.2, -0.15) is 0 Å². The van der Waals surface area contributed by atoms with Crippen LogP contribution in [-0.2, 0) is 14.8 Å². The van der Waals surface area contributed by atoms with E-state index in [1.54, 1.807) is 0 Å². The van der Waals surface area contributed by atoms with Crippen LogP contribution in [0.1, 0.15) is 60.8 Å². The number of rotatable bonds is 9. The molecule has 0 spiro atoms. The Balaban J connectivity index is 0.00000841. The summed E-state index contributed by atoms with van der Waals surface area (Å²) in [6, 6.07) is 0. The number of nitrogens with zero attached hydrogens (tertiary/aromatic N) is 2. The molecule has 11 heteroatoms. The second kappa shape index (κ2) is 12.9. The monoisotopic (exact) mass is 561 g/mol. The summed E-state index contributed by atoms with van der Waals surface area (Å²) >= 11 is 0. The van der Waals surface area contributed by atoms with Gasteiger partial charge in [-0.25, -0.2) is 17.5 Å². The molecule has 1 saturated heterocycles. The first-order chi connectivity index (χ1) is 13.5. The zero-order chi connectivity index (χ0) is 22.1. The summed E-state index contributed by atoms with van der Waals surface area (Å²) in [5.74, 6) is 0.828. The lowest BCUT2D eigenvalue weighted by atomic mass is 9.93. The first kappa shape index (κ1) is 29.2. The van der Waals surface area contributed by atoms with Gasteiger partial charge in [0.2, 0.25) is 10.0 Å². The molecular weight excluding hydrogens is 521 g/mol. The van der Waals surface area contributed by atoms with Gasteiger partial charge in [-0.1, -0.05) is 13.8 Å². The zero-order valence-electron chi connectivity index (χ0n) is 19.2. The predicted molar refractivity (Wildman–Crippen MR) is 132 cm³/mol. The van der Waals surface area contributed by atoms with Crippen molar-refractivity contribution < 1.29 is 17.9 Å². The number of nitrogens with one attached hydrogen (secondary N) is 3. The number of alkyl carbamates (subject to hydrolysis) is 1. The van der Waals surface area contributed by atoms with Crippen LogP contribution in [0.2, 0.25) is 0 Å². The van der Waals surface area contributed by atoms with Crippen LogP contribution < -0.4 is 16.0 Å². The standard InChI is InChI=1S/C19H39N5O4S.HI/c1-7-19(8-2,23-17(25)28-18(4,5)6)15-22-16(20-9-3)21-11-13-24-12-10-14-29(24,26)27;/h7-15H2,1-6H3,(H,23,25)(H2,20,21,22);1H. The van der Waals surface area contributed by atoms with Gasteiger partial charge in [-0.15, -0.1) is 24.0 Å². The highest BCUT2D eigenvalue weighted by Gasteiger charge is 2.31. The fourth-order valence-electron chi connectivity index (χ4n) is 3.02. The molecule has 0 bridgehead atoms. The summed E-state index contributed by atoms with van der Waals surface area (Å²) in [5, 5.41) is 9.34. The summed E-state index contributed by atoms with van der Waals surface area (Å²) in [6.45, 7) is 14.0. The number of halogens is 1. The highest BCUT2D eigenvalue weighted by atomic mass is 127. The molecule has 0 atom stereocenters. The maximum absolute atomic E-state index is 12.3. The number of aliphatic imine (C=N–C) groups is 1. The van der Waals surface area contributed by atoms with E-state index < -0.39 is 27.3 Å². The van der Waals surface area contributed by atoms with Crippen molar-refractivity contribution in [1.29, 1.82) is 0 Å². The Morgan fingerprint density at radius 2 is 1.77 bits per heavy atom. The van der Waals surface area contributed by atoms with E-state index in [2.05, 4.69) is 20.9 Å². The molecule has 178 valence electrons. The first-order valence-electron chi connectivity index (χ1n) is 10.5. The number of carbonyl (C=O) groups is 1. The molecule has 0 unspecified atom stereocenters. The summed E-state index contributed by atoms with van der Waals surface area (Å²) in [7, 11) is -3.10. The SMILES string of the molecule is CCNC(=NCC(CC)(CC)NC(=O)OC(C)(C)C)NCCN1CCCS1(=O)=O.I. The number of hydrogen-bond donors (Lipinski definition) is 3. The largest absolute Gasteiger partial charge is 0.444 e. The highest BCUT2D eigenvalue weighted by molar-refractivity contribution is 14.0. The molecule has 1 rings (SSSR count). The van der Waals surface area contributed by atoms with Crippen LogP contribution in [0.25, 0.3) is 0 Å². The minimum atomic E-state index is -3.10. The molecule has 0 saturated carbocycles. The molecule has 0 aliphatic carbocycles. The molecule has 1 amide bonds. The maximum atomic E-state index is 12.3. The van der Waals surface area contributed by atoms with E-state index >= 15 is 0 Å². The smallest absolute Gasteiger partial charge is 0.408 e. The second-order valence-corrected chi connectivity index (χ2v) is 10.4. The van der Waals surface area contributed by atoms with E-state index in [4.69, 9.17) is 4.74 Å². The van der Waals surface area contributed by atoms with Crippen molar-refractivity contribution in [2.45, 2.75) is 71.9 Å². The Labute approximate surface area is 199 Å². The summed E-state index contributed by atoms with van der Waals surface area (Å²) < 4.78 is 30.7. The van der Waals surface area contributed by atoms with Gasteiger partial charge in [0.15, 0.2) is 5.96 Å². The van der Waals surface area contributed by atoms with Crippen molar-refractivity contribution in [3.8, 4) is 0 Å². The quantitative estimate of drug-likeness (QED) is 0.226. The zero-order valence-corrected chi connectivity index (χ0v) is 22.4. The van der Waals surface area contributed by atoms with E-state index in [9.17, 15) is 13.2 Å². The van der Waals surface area contributed by atoms with E-state index in [1.807, 2.05) is 41.5 Å². The molecule has 3 N–H and O–H groups in total. The third-order valence-corrected chi connectivity index (χ3v) is 6.82. The van der Waals surface area contributed by atoms with E-state index in [1.165, 1.54) is 4.31 Å². The van der Waals surface area contributed by atoms with Crippen molar-refractivity contribution in [2.24, 2.45) is 4.99 Å². The maximum Gasteiger partial charge on any atom is 0.408 e.